The number of morpholine rings is 1. The van der Waals surface area contributed by atoms with Crippen molar-refractivity contribution in [2.75, 3.05) is 38.1 Å². The fourth-order valence-corrected chi connectivity index (χ4v) is 4.77. The lowest BCUT2D eigenvalue weighted by Crippen LogP contribution is -2.41. The minimum Gasteiger partial charge on any atom is -0.496 e. The van der Waals surface area contributed by atoms with Crippen molar-refractivity contribution in [3.8, 4) is 5.75 Å². The van der Waals surface area contributed by atoms with Crippen LogP contribution in [0.5, 0.6) is 5.75 Å². The van der Waals surface area contributed by atoms with E-state index in [1.165, 1.54) is 19.2 Å². The van der Waals surface area contributed by atoms with Gasteiger partial charge in [-0.05, 0) is 52.9 Å². The molecule has 1 fully saturated rings. The molecule has 0 aromatic heterocycles. The zero-order chi connectivity index (χ0) is 19.4. The number of anilines is 1. The maximum absolute atomic E-state index is 12.8. The summed E-state index contributed by atoms with van der Waals surface area (Å²) in [6.45, 7) is 1.92. The third kappa shape index (κ3) is 4.53. The highest BCUT2D eigenvalue weighted by Gasteiger charge is 2.23. The van der Waals surface area contributed by atoms with Crippen molar-refractivity contribution in [3.63, 3.8) is 0 Å². The predicted octanol–water partition coefficient (Wildman–Crippen LogP) is 2.57. The number of benzene rings is 2. The summed E-state index contributed by atoms with van der Waals surface area (Å²) >= 11 is 2.01. The molecule has 144 valence electrons. The van der Waals surface area contributed by atoms with E-state index in [0.29, 0.717) is 41.2 Å². The molecule has 0 atom stereocenters. The van der Waals surface area contributed by atoms with Crippen LogP contribution in [0.2, 0.25) is 0 Å². The first-order valence-corrected chi connectivity index (χ1v) is 10.8. The molecule has 0 radical (unpaired) electrons. The molecule has 2 aromatic carbocycles. The van der Waals surface area contributed by atoms with E-state index in [2.05, 4.69) is 4.72 Å². The molecule has 0 bridgehead atoms. The van der Waals surface area contributed by atoms with E-state index in [4.69, 9.17) is 9.47 Å². The van der Waals surface area contributed by atoms with Crippen LogP contribution in [0.1, 0.15) is 10.4 Å². The van der Waals surface area contributed by atoms with Crippen molar-refractivity contribution in [1.29, 1.82) is 0 Å². The minimum absolute atomic E-state index is 0.0984. The average Bonchev–Trinajstić information content (AvgIpc) is 2.68. The van der Waals surface area contributed by atoms with Gasteiger partial charge in [0.25, 0.3) is 15.9 Å². The van der Waals surface area contributed by atoms with Crippen molar-refractivity contribution >= 4 is 44.2 Å². The number of sulfonamides is 1. The van der Waals surface area contributed by atoms with Crippen LogP contribution < -0.4 is 9.46 Å². The van der Waals surface area contributed by atoms with Crippen LogP contribution in [0.25, 0.3) is 0 Å². The Morgan fingerprint density at radius 1 is 1.19 bits per heavy atom. The molecule has 9 heteroatoms. The second kappa shape index (κ2) is 8.44. The van der Waals surface area contributed by atoms with Crippen LogP contribution in [-0.2, 0) is 14.8 Å². The topological polar surface area (TPSA) is 84.9 Å². The number of rotatable bonds is 5. The Labute approximate surface area is 171 Å². The number of nitrogens with zero attached hydrogens (tertiary/aromatic N) is 1. The van der Waals surface area contributed by atoms with Gasteiger partial charge in [-0.2, -0.15) is 0 Å². The molecule has 3 rings (SSSR count). The lowest BCUT2D eigenvalue weighted by atomic mass is 10.1. The number of para-hydroxylation sites is 1. The fourth-order valence-electron chi connectivity index (χ4n) is 2.71. The zero-order valence-corrected chi connectivity index (χ0v) is 17.6. The van der Waals surface area contributed by atoms with Gasteiger partial charge in [0.05, 0.1) is 40.0 Å². The van der Waals surface area contributed by atoms with E-state index >= 15 is 0 Å². The molecule has 0 spiro atoms. The Morgan fingerprint density at radius 2 is 1.89 bits per heavy atom. The molecule has 1 amide bonds. The number of carbonyl (C=O) groups is 1. The van der Waals surface area contributed by atoms with Gasteiger partial charge in [-0.25, -0.2) is 8.42 Å². The Kier molecular flexibility index (Phi) is 6.22. The van der Waals surface area contributed by atoms with Crippen LogP contribution in [0.4, 0.5) is 5.69 Å². The third-order valence-electron chi connectivity index (χ3n) is 4.13. The Hall–Kier alpha value is -1.85. The largest absolute Gasteiger partial charge is 0.496 e. The number of amides is 1. The van der Waals surface area contributed by atoms with Crippen molar-refractivity contribution in [2.45, 2.75) is 4.90 Å². The molecule has 2 aromatic rings. The Balaban J connectivity index is 1.89. The average molecular weight is 502 g/mol. The summed E-state index contributed by atoms with van der Waals surface area (Å²) < 4.78 is 39.3. The van der Waals surface area contributed by atoms with E-state index in [1.807, 2.05) is 22.6 Å². The smallest absolute Gasteiger partial charge is 0.261 e. The van der Waals surface area contributed by atoms with Crippen LogP contribution in [-0.4, -0.2) is 52.6 Å². The molecule has 1 aliphatic heterocycles. The molecule has 1 saturated heterocycles. The fraction of sp³-hybridized carbons (Fsp3) is 0.278. The maximum atomic E-state index is 12.8. The summed E-state index contributed by atoms with van der Waals surface area (Å²) in [5.74, 6) is 0.373. The van der Waals surface area contributed by atoms with Gasteiger partial charge >= 0.3 is 0 Å². The summed E-state index contributed by atoms with van der Waals surface area (Å²) in [6, 6.07) is 11.2. The first kappa shape index (κ1) is 19.9. The summed E-state index contributed by atoms with van der Waals surface area (Å²) in [6.07, 6.45) is 0. The number of methoxy groups -OCH3 is 1. The van der Waals surface area contributed by atoms with Crippen molar-refractivity contribution in [1.82, 2.24) is 4.90 Å². The van der Waals surface area contributed by atoms with Gasteiger partial charge in [0, 0.05) is 13.1 Å². The number of ether oxygens (including phenoxy) is 2. The Bertz CT molecular complexity index is 943. The molecule has 0 saturated carbocycles. The van der Waals surface area contributed by atoms with E-state index in [9.17, 15) is 13.2 Å². The van der Waals surface area contributed by atoms with Crippen molar-refractivity contribution < 1.29 is 22.7 Å². The maximum Gasteiger partial charge on any atom is 0.261 e. The summed E-state index contributed by atoms with van der Waals surface area (Å²) in [5, 5.41) is 0. The van der Waals surface area contributed by atoms with Gasteiger partial charge in [0.15, 0.2) is 0 Å². The number of carbonyl (C=O) groups excluding carboxylic acids is 1. The molecule has 1 aliphatic rings. The number of hydrogen-bond donors (Lipinski definition) is 1. The minimum atomic E-state index is -3.85. The van der Waals surface area contributed by atoms with E-state index in [1.54, 1.807) is 35.2 Å². The van der Waals surface area contributed by atoms with E-state index in [0.717, 1.165) is 0 Å². The lowest BCUT2D eigenvalue weighted by Gasteiger charge is -2.27. The summed E-state index contributed by atoms with van der Waals surface area (Å²) in [7, 11) is -2.33. The second-order valence-corrected chi connectivity index (χ2v) is 8.70. The molecule has 0 unspecified atom stereocenters. The van der Waals surface area contributed by atoms with Gasteiger partial charge in [-0.15, -0.1) is 0 Å². The molecule has 1 N–H and O–H groups in total. The van der Waals surface area contributed by atoms with E-state index < -0.39 is 10.0 Å². The third-order valence-corrected chi connectivity index (χ3v) is 6.34. The van der Waals surface area contributed by atoms with Crippen LogP contribution in [0.15, 0.2) is 47.4 Å². The van der Waals surface area contributed by atoms with Gasteiger partial charge in [0.1, 0.15) is 5.75 Å². The van der Waals surface area contributed by atoms with Crippen LogP contribution in [0, 0.1) is 3.57 Å². The monoisotopic (exact) mass is 502 g/mol. The number of nitrogens with one attached hydrogen (secondary N) is 1. The summed E-state index contributed by atoms with van der Waals surface area (Å²) in [5.41, 5.74) is 0.561. The molecule has 7 nitrogen and oxygen atoms in total. The van der Waals surface area contributed by atoms with Gasteiger partial charge in [-0.3, -0.25) is 9.52 Å². The van der Waals surface area contributed by atoms with Crippen molar-refractivity contribution in [2.24, 2.45) is 0 Å². The Morgan fingerprint density at radius 3 is 2.56 bits per heavy atom. The highest BCUT2D eigenvalue weighted by molar-refractivity contribution is 14.1. The standard InChI is InChI=1S/C18H19IN2O5S/c1-25-17-7-6-13(12-15(17)19)27(23,24)20-16-5-3-2-4-14(16)18(22)21-8-10-26-11-9-21/h2-7,12,20H,8-11H2,1H3. The predicted molar refractivity (Wildman–Crippen MR) is 110 cm³/mol. The summed E-state index contributed by atoms with van der Waals surface area (Å²) in [4.78, 5) is 14.6. The SMILES string of the molecule is COc1ccc(S(=O)(=O)Nc2ccccc2C(=O)N2CCOCC2)cc1I. The number of hydrogen-bond acceptors (Lipinski definition) is 5. The van der Waals surface area contributed by atoms with Crippen molar-refractivity contribution in [3.05, 3.63) is 51.6 Å². The number of halogens is 1. The van der Waals surface area contributed by atoms with Crippen LogP contribution in [0.3, 0.4) is 0 Å². The van der Waals surface area contributed by atoms with Gasteiger partial charge < -0.3 is 14.4 Å². The van der Waals surface area contributed by atoms with Gasteiger partial charge in [-0.1, -0.05) is 12.1 Å². The first-order valence-electron chi connectivity index (χ1n) is 8.25. The van der Waals surface area contributed by atoms with Crippen LogP contribution >= 0.6 is 22.6 Å². The lowest BCUT2D eigenvalue weighted by molar-refractivity contribution is 0.0303. The van der Waals surface area contributed by atoms with E-state index in [-0.39, 0.29) is 16.5 Å². The quantitative estimate of drug-likeness (QED) is 0.636. The highest BCUT2D eigenvalue weighted by atomic mass is 127. The molecular formula is C18H19IN2O5S. The molecule has 1 heterocycles. The highest BCUT2D eigenvalue weighted by Crippen LogP contribution is 2.26. The zero-order valence-electron chi connectivity index (χ0n) is 14.6. The first-order chi connectivity index (χ1) is 12.9. The second-order valence-electron chi connectivity index (χ2n) is 5.85. The molecular weight excluding hydrogens is 483 g/mol. The molecule has 27 heavy (non-hydrogen) atoms. The normalized spacial score (nSPS) is 14.7. The van der Waals surface area contributed by atoms with Gasteiger partial charge in [0.2, 0.25) is 0 Å². The molecule has 0 aliphatic carbocycles.